The van der Waals surface area contributed by atoms with E-state index in [0.717, 1.165) is 50.5 Å². The van der Waals surface area contributed by atoms with Crippen LogP contribution in [0.4, 0.5) is 13.2 Å². The van der Waals surface area contributed by atoms with Crippen LogP contribution in [0.15, 0.2) is 36.4 Å². The Balaban J connectivity index is 1.44. The highest BCUT2D eigenvalue weighted by Gasteiger charge is 2.28. The first-order valence-corrected chi connectivity index (χ1v) is 15.6. The van der Waals surface area contributed by atoms with Gasteiger partial charge in [-0.15, -0.1) is 0 Å². The molecule has 42 heavy (non-hydrogen) atoms. The largest absolute Gasteiger partial charge is 0.490 e. The maximum atomic E-state index is 14.7. The maximum absolute atomic E-state index is 14.7. The molecule has 0 radical (unpaired) electrons. The fourth-order valence-electron chi connectivity index (χ4n) is 5.27. The van der Waals surface area contributed by atoms with Crippen molar-refractivity contribution in [1.29, 1.82) is 0 Å². The van der Waals surface area contributed by atoms with E-state index in [0.29, 0.717) is 19.3 Å². The summed E-state index contributed by atoms with van der Waals surface area (Å²) < 4.78 is 59.3. The Morgan fingerprint density at radius 1 is 0.810 bits per heavy atom. The number of benzene rings is 2. The van der Waals surface area contributed by atoms with Crippen LogP contribution in [0, 0.1) is 11.6 Å². The first-order valence-electron chi connectivity index (χ1n) is 15.6. The Hall–Kier alpha value is -3.03. The number of unbranched alkanes of at least 4 members (excludes halogenated alkanes) is 7. The highest BCUT2D eigenvalue weighted by molar-refractivity contribution is 5.91. The summed E-state index contributed by atoms with van der Waals surface area (Å²) >= 11 is 0. The zero-order valence-corrected chi connectivity index (χ0v) is 25.0. The van der Waals surface area contributed by atoms with Gasteiger partial charge in [0.2, 0.25) is 5.82 Å². The zero-order chi connectivity index (χ0) is 30.3. The Kier molecular flexibility index (Phi) is 14.2. The average Bonchev–Trinajstić information content (AvgIpc) is 3.00. The van der Waals surface area contributed by atoms with Gasteiger partial charge in [0, 0.05) is 0 Å². The molecule has 0 N–H and O–H groups in total. The Morgan fingerprint density at radius 2 is 1.45 bits per heavy atom. The monoisotopic (exact) mass is 590 g/mol. The van der Waals surface area contributed by atoms with Crippen molar-refractivity contribution in [2.45, 2.75) is 122 Å². The predicted octanol–water partition coefficient (Wildman–Crippen LogP) is 9.41. The summed E-state index contributed by atoms with van der Waals surface area (Å²) in [6.07, 6.45) is 10.3. The molecule has 0 aromatic heterocycles. The van der Waals surface area contributed by atoms with Gasteiger partial charge in [0.25, 0.3) is 0 Å². The standard InChI is InChI=1S/C34H45F3O5/c1-3-5-7-8-9-10-11-23-40-30-22-21-28(31(36)32(30)37)33(38)41-26-17-13-24(14-18-26)25-15-19-27(20-16-25)42-34(39)29(35)12-6-4-2/h13-14,17-18,21-22,25,27,29H,3-12,15-16,19-20,23H2,1-2H3/t25-,27-,29-/m1/s1. The van der Waals surface area contributed by atoms with Crippen molar-refractivity contribution in [2.75, 3.05) is 6.61 Å². The summed E-state index contributed by atoms with van der Waals surface area (Å²) in [4.78, 5) is 24.5. The van der Waals surface area contributed by atoms with E-state index in [9.17, 15) is 22.8 Å². The van der Waals surface area contributed by atoms with Crippen LogP contribution in [0.3, 0.4) is 0 Å². The second-order valence-corrected chi connectivity index (χ2v) is 11.2. The summed E-state index contributed by atoms with van der Waals surface area (Å²) in [6.45, 7) is 4.40. The minimum absolute atomic E-state index is 0.197. The molecule has 1 saturated carbocycles. The molecule has 1 aliphatic rings. The van der Waals surface area contributed by atoms with E-state index < -0.39 is 35.3 Å². The molecule has 0 heterocycles. The first kappa shape index (κ1) is 33.5. The van der Waals surface area contributed by atoms with E-state index in [-0.39, 0.29) is 36.5 Å². The quantitative estimate of drug-likeness (QED) is 0.104. The van der Waals surface area contributed by atoms with Gasteiger partial charge in [0.1, 0.15) is 11.9 Å². The van der Waals surface area contributed by atoms with Crippen LogP contribution in [-0.4, -0.2) is 30.8 Å². The number of alkyl halides is 1. The molecule has 0 saturated heterocycles. The van der Waals surface area contributed by atoms with E-state index in [2.05, 4.69) is 6.92 Å². The molecule has 0 spiro atoms. The fourth-order valence-corrected chi connectivity index (χ4v) is 5.27. The van der Waals surface area contributed by atoms with Crippen LogP contribution in [0.1, 0.15) is 126 Å². The van der Waals surface area contributed by atoms with Crippen molar-refractivity contribution in [3.8, 4) is 11.5 Å². The van der Waals surface area contributed by atoms with Crippen molar-refractivity contribution in [1.82, 2.24) is 0 Å². The minimum Gasteiger partial charge on any atom is -0.490 e. The van der Waals surface area contributed by atoms with Crippen LogP contribution in [-0.2, 0) is 9.53 Å². The SMILES string of the molecule is CCCCCCCCCOc1ccc(C(=O)Oc2ccc([C@H]3CC[C@H](OC(=O)[C@H](F)CCCC)CC3)cc2)c(F)c1F. The van der Waals surface area contributed by atoms with E-state index in [4.69, 9.17) is 14.2 Å². The maximum Gasteiger partial charge on any atom is 0.346 e. The van der Waals surface area contributed by atoms with Gasteiger partial charge in [-0.1, -0.05) is 77.3 Å². The van der Waals surface area contributed by atoms with E-state index >= 15 is 0 Å². The Bertz CT molecular complexity index is 1110. The minimum atomic E-state index is -1.56. The number of hydrogen-bond acceptors (Lipinski definition) is 5. The number of carbonyl (C=O) groups excluding carboxylic acids is 2. The lowest BCUT2D eigenvalue weighted by Gasteiger charge is -2.29. The molecule has 1 fully saturated rings. The zero-order valence-electron chi connectivity index (χ0n) is 25.0. The molecule has 0 unspecified atom stereocenters. The van der Waals surface area contributed by atoms with Gasteiger partial charge in [-0.25, -0.2) is 18.4 Å². The van der Waals surface area contributed by atoms with Crippen LogP contribution in [0.2, 0.25) is 0 Å². The van der Waals surface area contributed by atoms with Crippen LogP contribution >= 0.6 is 0 Å². The number of hydrogen-bond donors (Lipinski definition) is 0. The van der Waals surface area contributed by atoms with Crippen molar-refractivity contribution in [2.24, 2.45) is 0 Å². The molecule has 5 nitrogen and oxygen atoms in total. The molecule has 2 aromatic carbocycles. The van der Waals surface area contributed by atoms with Crippen molar-refractivity contribution >= 4 is 11.9 Å². The van der Waals surface area contributed by atoms with Gasteiger partial charge in [-0.05, 0) is 74.3 Å². The Labute approximate surface area is 248 Å². The number of ether oxygens (including phenoxy) is 3. The Morgan fingerprint density at radius 3 is 2.12 bits per heavy atom. The molecule has 1 aliphatic carbocycles. The third kappa shape index (κ3) is 10.4. The third-order valence-electron chi connectivity index (χ3n) is 7.86. The van der Waals surface area contributed by atoms with Gasteiger partial charge in [0.15, 0.2) is 17.7 Å². The highest BCUT2D eigenvalue weighted by Crippen LogP contribution is 2.35. The molecule has 3 rings (SSSR count). The molecular formula is C34H45F3O5. The number of esters is 2. The molecule has 2 aromatic rings. The lowest BCUT2D eigenvalue weighted by atomic mass is 9.83. The van der Waals surface area contributed by atoms with Gasteiger partial charge in [-0.2, -0.15) is 4.39 Å². The van der Waals surface area contributed by atoms with Gasteiger partial charge in [0.05, 0.1) is 12.2 Å². The fraction of sp³-hybridized carbons (Fsp3) is 0.588. The average molecular weight is 591 g/mol. The van der Waals surface area contributed by atoms with Crippen LogP contribution in [0.5, 0.6) is 11.5 Å². The predicted molar refractivity (Wildman–Crippen MR) is 157 cm³/mol. The molecule has 232 valence electrons. The van der Waals surface area contributed by atoms with Gasteiger partial charge >= 0.3 is 11.9 Å². The van der Waals surface area contributed by atoms with E-state index in [1.54, 1.807) is 12.1 Å². The first-order chi connectivity index (χ1) is 20.3. The van der Waals surface area contributed by atoms with Crippen molar-refractivity contribution in [3.05, 3.63) is 59.2 Å². The smallest absolute Gasteiger partial charge is 0.346 e. The normalized spacial score (nSPS) is 17.5. The molecule has 0 amide bonds. The lowest BCUT2D eigenvalue weighted by molar-refractivity contribution is -0.157. The third-order valence-corrected chi connectivity index (χ3v) is 7.86. The lowest BCUT2D eigenvalue weighted by Crippen LogP contribution is -2.28. The summed E-state index contributed by atoms with van der Waals surface area (Å²) in [5, 5.41) is 0. The number of carbonyl (C=O) groups is 2. The summed E-state index contributed by atoms with van der Waals surface area (Å²) in [5.41, 5.74) is 0.531. The highest BCUT2D eigenvalue weighted by atomic mass is 19.2. The van der Waals surface area contributed by atoms with Crippen LogP contribution < -0.4 is 9.47 Å². The van der Waals surface area contributed by atoms with Gasteiger partial charge < -0.3 is 14.2 Å². The number of halogens is 3. The second kappa shape index (κ2) is 17.8. The second-order valence-electron chi connectivity index (χ2n) is 11.2. The number of rotatable bonds is 17. The van der Waals surface area contributed by atoms with Crippen molar-refractivity contribution in [3.63, 3.8) is 0 Å². The molecule has 0 bridgehead atoms. The van der Waals surface area contributed by atoms with Crippen LogP contribution in [0.25, 0.3) is 0 Å². The summed E-state index contributed by atoms with van der Waals surface area (Å²) in [6, 6.07) is 9.34. The molecule has 1 atom stereocenters. The summed E-state index contributed by atoms with van der Waals surface area (Å²) in [7, 11) is 0. The topological polar surface area (TPSA) is 61.8 Å². The van der Waals surface area contributed by atoms with E-state index in [1.807, 2.05) is 19.1 Å². The molecular weight excluding hydrogens is 545 g/mol. The van der Waals surface area contributed by atoms with E-state index in [1.165, 1.54) is 31.4 Å². The van der Waals surface area contributed by atoms with Crippen molar-refractivity contribution < 1.29 is 37.0 Å². The van der Waals surface area contributed by atoms with Gasteiger partial charge in [-0.3, -0.25) is 0 Å². The molecule has 8 heteroatoms. The summed E-state index contributed by atoms with van der Waals surface area (Å²) in [5.74, 6) is -4.03. The molecule has 0 aliphatic heterocycles.